The van der Waals surface area contributed by atoms with Crippen molar-refractivity contribution in [3.63, 3.8) is 0 Å². The first kappa shape index (κ1) is 19.6. The van der Waals surface area contributed by atoms with Crippen molar-refractivity contribution in [3.8, 4) is 0 Å². The van der Waals surface area contributed by atoms with Crippen LogP contribution in [0.15, 0.2) is 41.1 Å². The van der Waals surface area contributed by atoms with Gasteiger partial charge in [-0.1, -0.05) is 33.6 Å². The summed E-state index contributed by atoms with van der Waals surface area (Å²) in [5.74, 6) is -0.964. The normalized spacial score (nSPS) is 12.0. The zero-order chi connectivity index (χ0) is 18.4. The van der Waals surface area contributed by atoms with E-state index in [1.165, 1.54) is 25.6 Å². The fraction of sp³-hybridized carbons (Fsp3) is 0.188. The summed E-state index contributed by atoms with van der Waals surface area (Å²) in [6.07, 6.45) is 4.08. The summed E-state index contributed by atoms with van der Waals surface area (Å²) in [5, 5.41) is 0.509. The summed E-state index contributed by atoms with van der Waals surface area (Å²) in [4.78, 5) is 19.3. The lowest BCUT2D eigenvalue weighted by Gasteiger charge is -2.09. The van der Waals surface area contributed by atoms with Crippen molar-refractivity contribution in [2.45, 2.75) is 6.42 Å². The Morgan fingerprint density at radius 1 is 1.32 bits per heavy atom. The lowest BCUT2D eigenvalue weighted by molar-refractivity contribution is -0.140. The van der Waals surface area contributed by atoms with Crippen LogP contribution < -0.4 is 0 Å². The minimum absolute atomic E-state index is 0.0502. The van der Waals surface area contributed by atoms with Crippen LogP contribution in [0.25, 0.3) is 11.0 Å². The van der Waals surface area contributed by atoms with Crippen LogP contribution in [0.1, 0.15) is 17.8 Å². The summed E-state index contributed by atoms with van der Waals surface area (Å²) in [5.41, 5.74) is 0.591. The number of aromatic nitrogens is 2. The fourth-order valence-electron chi connectivity index (χ4n) is 1.91. The Balaban J connectivity index is 2.50. The topological polar surface area (TPSA) is 86.2 Å². The molecule has 0 amide bonds. The second-order valence-corrected chi connectivity index (χ2v) is 8.26. The van der Waals surface area contributed by atoms with Crippen molar-refractivity contribution < 1.29 is 17.9 Å². The molecule has 0 aliphatic carbocycles. The van der Waals surface area contributed by atoms with Crippen LogP contribution in [0.4, 0.5) is 0 Å². The first-order valence-electron chi connectivity index (χ1n) is 7.07. The maximum Gasteiger partial charge on any atom is 0.306 e. The molecule has 132 valence electrons. The van der Waals surface area contributed by atoms with Gasteiger partial charge in [0.2, 0.25) is 0 Å². The van der Waals surface area contributed by atoms with Gasteiger partial charge in [-0.3, -0.25) is 4.79 Å². The van der Waals surface area contributed by atoms with Gasteiger partial charge >= 0.3 is 5.97 Å². The van der Waals surface area contributed by atoms with E-state index in [0.717, 1.165) is 0 Å². The van der Waals surface area contributed by atoms with Gasteiger partial charge in [0, 0.05) is 21.9 Å². The van der Waals surface area contributed by atoms with Gasteiger partial charge in [0.25, 0.3) is 0 Å². The van der Waals surface area contributed by atoms with Crippen molar-refractivity contribution >= 4 is 54.3 Å². The minimum Gasteiger partial charge on any atom is -0.469 e. The monoisotopic (exact) mass is 444 g/mol. The molecule has 2 rings (SSSR count). The lowest BCUT2D eigenvalue weighted by Crippen LogP contribution is -2.14. The Labute approximate surface area is 158 Å². The number of hydrogen-bond donors (Lipinski definition) is 0. The van der Waals surface area contributed by atoms with Gasteiger partial charge in [0.15, 0.2) is 15.7 Å². The molecule has 0 unspecified atom stereocenters. The zero-order valence-electron chi connectivity index (χ0n) is 13.1. The third-order valence-electron chi connectivity index (χ3n) is 3.17. The number of methoxy groups -OCH3 is 1. The van der Waals surface area contributed by atoms with Crippen LogP contribution in [0.3, 0.4) is 0 Å². The second kappa shape index (κ2) is 8.55. The largest absolute Gasteiger partial charge is 0.469 e. The van der Waals surface area contributed by atoms with Crippen LogP contribution in [0.2, 0.25) is 5.02 Å². The number of halogens is 2. The summed E-state index contributed by atoms with van der Waals surface area (Å²) >= 11 is 9.27. The third kappa shape index (κ3) is 5.35. The Morgan fingerprint density at radius 3 is 2.60 bits per heavy atom. The molecular weight excluding hydrogens is 432 g/mol. The summed E-state index contributed by atoms with van der Waals surface area (Å²) in [6.45, 7) is 0. The Kier molecular flexibility index (Phi) is 6.69. The molecule has 1 aromatic heterocycles. The molecule has 0 atom stereocenters. The minimum atomic E-state index is -3.82. The van der Waals surface area contributed by atoms with E-state index in [-0.39, 0.29) is 17.2 Å². The standard InChI is InChI=1S/C16H14BrClN2O4S/c1-24-15(21)5-8-25(22,23)14(16-19-6-2-7-20-16)9-11-3-4-12(18)10-13(11)17/h2-4,6-7,9-10H,5,8H2,1H3/b14-9+. The average Bonchev–Trinajstić information content (AvgIpc) is 2.59. The van der Waals surface area contributed by atoms with Gasteiger partial charge in [-0.2, -0.15) is 0 Å². The molecule has 0 radical (unpaired) electrons. The number of hydrogen-bond acceptors (Lipinski definition) is 6. The van der Waals surface area contributed by atoms with Crippen LogP contribution in [-0.4, -0.2) is 37.2 Å². The molecule has 1 heterocycles. The molecule has 25 heavy (non-hydrogen) atoms. The van der Waals surface area contributed by atoms with Crippen LogP contribution in [0, 0.1) is 0 Å². The van der Waals surface area contributed by atoms with E-state index in [0.29, 0.717) is 15.1 Å². The highest BCUT2D eigenvalue weighted by Gasteiger charge is 2.24. The third-order valence-corrected chi connectivity index (χ3v) is 5.81. The number of carbonyl (C=O) groups excluding carboxylic acids is 1. The molecule has 1 aromatic carbocycles. The van der Waals surface area contributed by atoms with Gasteiger partial charge in [-0.25, -0.2) is 18.4 Å². The van der Waals surface area contributed by atoms with Crippen molar-refractivity contribution in [1.29, 1.82) is 0 Å². The molecule has 9 heteroatoms. The van der Waals surface area contributed by atoms with Gasteiger partial charge in [0.05, 0.1) is 19.3 Å². The summed E-state index contributed by atoms with van der Waals surface area (Å²) in [6, 6.07) is 6.55. The van der Waals surface area contributed by atoms with Crippen molar-refractivity contribution in [2.24, 2.45) is 0 Å². The Hall–Kier alpha value is -1.77. The molecule has 0 saturated heterocycles. The predicted octanol–water partition coefficient (Wildman–Crippen LogP) is 3.37. The SMILES string of the molecule is COC(=O)CCS(=O)(=O)/C(=C/c1ccc(Cl)cc1Br)c1ncccn1. The number of nitrogens with zero attached hydrogens (tertiary/aromatic N) is 2. The molecule has 0 bridgehead atoms. The highest BCUT2D eigenvalue weighted by molar-refractivity contribution is 9.10. The molecule has 0 saturated carbocycles. The number of benzene rings is 1. The first-order valence-corrected chi connectivity index (χ1v) is 9.89. The molecular formula is C16H14BrClN2O4S. The molecule has 0 aliphatic heterocycles. The van der Waals surface area contributed by atoms with E-state index in [9.17, 15) is 13.2 Å². The number of rotatable bonds is 6. The molecule has 2 aromatic rings. The highest BCUT2D eigenvalue weighted by atomic mass is 79.9. The molecule has 0 N–H and O–H groups in total. The van der Waals surface area contributed by atoms with Crippen LogP contribution in [0.5, 0.6) is 0 Å². The zero-order valence-corrected chi connectivity index (χ0v) is 16.3. The predicted molar refractivity (Wildman–Crippen MR) is 99.5 cm³/mol. The van der Waals surface area contributed by atoms with Gasteiger partial charge in [-0.05, 0) is 29.8 Å². The number of carbonyl (C=O) groups is 1. The summed E-state index contributed by atoms with van der Waals surface area (Å²) < 4.78 is 30.6. The molecule has 6 nitrogen and oxygen atoms in total. The molecule has 0 spiro atoms. The fourth-order valence-corrected chi connectivity index (χ4v) is 4.05. The van der Waals surface area contributed by atoms with Crippen LogP contribution >= 0.6 is 27.5 Å². The van der Waals surface area contributed by atoms with E-state index in [1.807, 2.05) is 0 Å². The van der Waals surface area contributed by atoms with Crippen molar-refractivity contribution in [3.05, 3.63) is 57.5 Å². The number of sulfone groups is 1. The Morgan fingerprint density at radius 2 is 2.00 bits per heavy atom. The van der Waals surface area contributed by atoms with Gasteiger partial charge in [-0.15, -0.1) is 0 Å². The van der Waals surface area contributed by atoms with E-state index >= 15 is 0 Å². The maximum atomic E-state index is 12.7. The first-order chi connectivity index (χ1) is 11.8. The van der Waals surface area contributed by atoms with E-state index < -0.39 is 21.6 Å². The van der Waals surface area contributed by atoms with E-state index in [1.54, 1.807) is 24.3 Å². The average molecular weight is 446 g/mol. The Bertz CT molecular complexity index is 902. The molecule has 0 fully saturated rings. The van der Waals surface area contributed by atoms with Crippen LogP contribution in [-0.2, 0) is 19.4 Å². The quantitative estimate of drug-likeness (QED) is 0.634. The summed E-state index contributed by atoms with van der Waals surface area (Å²) in [7, 11) is -2.62. The lowest BCUT2D eigenvalue weighted by atomic mass is 10.2. The highest BCUT2D eigenvalue weighted by Crippen LogP contribution is 2.28. The van der Waals surface area contributed by atoms with E-state index in [4.69, 9.17) is 11.6 Å². The smallest absolute Gasteiger partial charge is 0.306 e. The van der Waals surface area contributed by atoms with Gasteiger partial charge < -0.3 is 4.74 Å². The van der Waals surface area contributed by atoms with E-state index in [2.05, 4.69) is 30.6 Å². The molecule has 0 aliphatic rings. The van der Waals surface area contributed by atoms with Gasteiger partial charge in [0.1, 0.15) is 4.91 Å². The maximum absolute atomic E-state index is 12.7. The second-order valence-electron chi connectivity index (χ2n) is 4.89. The number of esters is 1. The number of ether oxygens (including phenoxy) is 1. The van der Waals surface area contributed by atoms with Crippen molar-refractivity contribution in [2.75, 3.05) is 12.9 Å². The van der Waals surface area contributed by atoms with Crippen molar-refractivity contribution in [1.82, 2.24) is 9.97 Å².